The van der Waals surface area contributed by atoms with Crippen molar-refractivity contribution in [2.45, 2.75) is 24.8 Å². The normalized spacial score (nSPS) is 11.5. The first-order chi connectivity index (χ1) is 17.3. The number of nitrogens with one attached hydrogen (secondary N) is 1. The number of benzene rings is 2. The van der Waals surface area contributed by atoms with E-state index in [4.69, 9.17) is 20.9 Å². The summed E-state index contributed by atoms with van der Waals surface area (Å²) < 4.78 is 10.6. The van der Waals surface area contributed by atoms with Crippen LogP contribution in [0.2, 0.25) is 0 Å². The van der Waals surface area contributed by atoms with Crippen molar-refractivity contribution in [2.24, 2.45) is 16.5 Å². The van der Waals surface area contributed by atoms with Gasteiger partial charge in [-0.2, -0.15) is 0 Å². The number of amides is 1. The van der Waals surface area contributed by atoms with Crippen molar-refractivity contribution in [3.63, 3.8) is 0 Å². The van der Waals surface area contributed by atoms with E-state index in [-0.39, 0.29) is 24.8 Å². The highest BCUT2D eigenvalue weighted by Crippen LogP contribution is 2.37. The number of nitrogens with two attached hydrogens (primary N) is 2. The van der Waals surface area contributed by atoms with Gasteiger partial charge in [-0.1, -0.05) is 24.3 Å². The largest absolute Gasteiger partial charge is 0.497 e. The lowest BCUT2D eigenvalue weighted by atomic mass is 9.90. The van der Waals surface area contributed by atoms with E-state index >= 15 is 0 Å². The van der Waals surface area contributed by atoms with Crippen molar-refractivity contribution >= 4 is 29.2 Å². The van der Waals surface area contributed by atoms with E-state index in [1.807, 2.05) is 54.6 Å². The highest BCUT2D eigenvalue weighted by Gasteiger charge is 2.24. The summed E-state index contributed by atoms with van der Waals surface area (Å²) in [7, 11) is 3.23. The maximum Gasteiger partial charge on any atom is 0.326 e. The molecule has 0 bridgehead atoms. The van der Waals surface area contributed by atoms with Gasteiger partial charge in [0.25, 0.3) is 5.91 Å². The van der Waals surface area contributed by atoms with Crippen molar-refractivity contribution < 1.29 is 24.2 Å². The zero-order valence-corrected chi connectivity index (χ0v) is 21.0. The molecule has 0 aliphatic carbocycles. The van der Waals surface area contributed by atoms with Gasteiger partial charge in [0.15, 0.2) is 5.96 Å². The van der Waals surface area contributed by atoms with Crippen LogP contribution in [-0.2, 0) is 4.79 Å². The fraction of sp³-hybridized carbons (Fsp3) is 0.269. The maximum atomic E-state index is 12.9. The molecule has 9 nitrogen and oxygen atoms in total. The molecule has 0 radical (unpaired) electrons. The fourth-order valence-corrected chi connectivity index (χ4v) is 4.80. The fourth-order valence-electron chi connectivity index (χ4n) is 3.73. The van der Waals surface area contributed by atoms with Crippen molar-refractivity contribution in [3.05, 3.63) is 81.5 Å². The minimum Gasteiger partial charge on any atom is -0.497 e. The number of guanidine groups is 1. The van der Waals surface area contributed by atoms with E-state index in [1.165, 1.54) is 11.3 Å². The summed E-state index contributed by atoms with van der Waals surface area (Å²) >= 11 is 1.32. The summed E-state index contributed by atoms with van der Waals surface area (Å²) in [6, 6.07) is 18.1. The summed E-state index contributed by atoms with van der Waals surface area (Å²) in [5.41, 5.74) is 12.6. The van der Waals surface area contributed by atoms with Crippen LogP contribution in [0.15, 0.2) is 65.7 Å². The van der Waals surface area contributed by atoms with Gasteiger partial charge in [-0.3, -0.25) is 9.79 Å². The molecule has 0 aliphatic heterocycles. The Kier molecular flexibility index (Phi) is 9.29. The molecule has 0 spiro atoms. The summed E-state index contributed by atoms with van der Waals surface area (Å²) in [6.45, 7) is 0.288. The lowest BCUT2D eigenvalue weighted by Crippen LogP contribution is -2.40. The zero-order valence-electron chi connectivity index (χ0n) is 20.1. The number of aliphatic carboxylic acids is 1. The van der Waals surface area contributed by atoms with Crippen LogP contribution in [0.25, 0.3) is 0 Å². The average molecular weight is 511 g/mol. The molecule has 190 valence electrons. The molecule has 36 heavy (non-hydrogen) atoms. The molecule has 0 saturated carbocycles. The number of hydrogen-bond donors (Lipinski definition) is 4. The molecular formula is C26H30N4O5S. The summed E-state index contributed by atoms with van der Waals surface area (Å²) in [5.74, 6) is -0.248. The van der Waals surface area contributed by atoms with E-state index in [2.05, 4.69) is 10.3 Å². The SMILES string of the molecule is COc1ccc(C(c2ccc(OC)cc2)c2ccc(C(=O)N[C@@H](CCCN=C(N)N)C(=O)O)s2)cc1. The van der Waals surface area contributed by atoms with Crippen LogP contribution in [-0.4, -0.2) is 49.7 Å². The number of carboxylic acids is 1. The van der Waals surface area contributed by atoms with Gasteiger partial charge in [-0.15, -0.1) is 11.3 Å². The number of hydrogen-bond acceptors (Lipinski definition) is 6. The molecule has 0 aliphatic rings. The smallest absolute Gasteiger partial charge is 0.326 e. The summed E-state index contributed by atoms with van der Waals surface area (Å²) in [6.07, 6.45) is 0.623. The Morgan fingerprint density at radius 2 is 1.50 bits per heavy atom. The lowest BCUT2D eigenvalue weighted by Gasteiger charge is -2.18. The van der Waals surface area contributed by atoms with Gasteiger partial charge in [0.1, 0.15) is 17.5 Å². The third kappa shape index (κ3) is 6.98. The highest BCUT2D eigenvalue weighted by atomic mass is 32.1. The Morgan fingerprint density at radius 1 is 0.944 bits per heavy atom. The molecule has 0 fully saturated rings. The predicted octanol–water partition coefficient (Wildman–Crippen LogP) is 3.18. The molecule has 0 saturated heterocycles. The van der Waals surface area contributed by atoms with Gasteiger partial charge in [-0.05, 0) is 60.4 Å². The average Bonchev–Trinajstić information content (AvgIpc) is 3.36. The van der Waals surface area contributed by atoms with E-state index in [9.17, 15) is 14.7 Å². The first-order valence-corrected chi connectivity index (χ1v) is 12.1. The second-order valence-electron chi connectivity index (χ2n) is 7.99. The van der Waals surface area contributed by atoms with Crippen molar-refractivity contribution in [1.29, 1.82) is 0 Å². The Bertz CT molecular complexity index is 1140. The van der Waals surface area contributed by atoms with E-state index < -0.39 is 17.9 Å². The lowest BCUT2D eigenvalue weighted by molar-refractivity contribution is -0.139. The molecule has 2 aromatic carbocycles. The number of carboxylic acid groups (broad SMARTS) is 1. The predicted molar refractivity (Wildman–Crippen MR) is 140 cm³/mol. The van der Waals surface area contributed by atoms with Crippen LogP contribution >= 0.6 is 11.3 Å². The van der Waals surface area contributed by atoms with Crippen LogP contribution in [0.5, 0.6) is 11.5 Å². The summed E-state index contributed by atoms with van der Waals surface area (Å²) in [4.78, 5) is 29.8. The Balaban J connectivity index is 1.83. The molecular weight excluding hydrogens is 480 g/mol. The molecule has 3 rings (SSSR count). The van der Waals surface area contributed by atoms with Gasteiger partial charge in [0.05, 0.1) is 19.1 Å². The molecule has 10 heteroatoms. The molecule has 1 atom stereocenters. The van der Waals surface area contributed by atoms with Crippen LogP contribution in [0.1, 0.15) is 44.4 Å². The molecule has 1 amide bonds. The van der Waals surface area contributed by atoms with Crippen LogP contribution in [0.3, 0.4) is 0 Å². The van der Waals surface area contributed by atoms with Gasteiger partial charge < -0.3 is 31.4 Å². The molecule has 6 N–H and O–H groups in total. The minimum atomic E-state index is -1.11. The molecule has 1 heterocycles. The highest BCUT2D eigenvalue weighted by molar-refractivity contribution is 7.14. The van der Waals surface area contributed by atoms with Gasteiger partial charge in [-0.25, -0.2) is 4.79 Å². The maximum absolute atomic E-state index is 12.9. The van der Waals surface area contributed by atoms with Gasteiger partial charge >= 0.3 is 5.97 Å². The van der Waals surface area contributed by atoms with E-state index in [0.717, 1.165) is 27.5 Å². The molecule has 0 unspecified atom stereocenters. The third-order valence-electron chi connectivity index (χ3n) is 5.58. The number of aliphatic imine (C=N–C) groups is 1. The van der Waals surface area contributed by atoms with E-state index in [0.29, 0.717) is 11.3 Å². The van der Waals surface area contributed by atoms with Gasteiger partial charge in [0, 0.05) is 17.3 Å². The quantitative estimate of drug-likeness (QED) is 0.166. The van der Waals surface area contributed by atoms with Crippen molar-refractivity contribution in [1.82, 2.24) is 5.32 Å². The monoisotopic (exact) mass is 510 g/mol. The first-order valence-electron chi connectivity index (χ1n) is 11.3. The zero-order chi connectivity index (χ0) is 26.1. The second kappa shape index (κ2) is 12.6. The number of methoxy groups -OCH3 is 2. The molecule has 1 aromatic heterocycles. The minimum absolute atomic E-state index is 0.0553. The number of ether oxygens (including phenoxy) is 2. The standard InChI is InChI=1S/C26H30N4O5S/c1-34-18-9-5-16(6-10-18)23(17-7-11-19(35-2)12-8-17)21-13-14-22(36-21)24(31)30-20(25(32)33)4-3-15-29-26(27)28/h5-14,20,23H,3-4,15H2,1-2H3,(H,30,31)(H,32,33)(H4,27,28,29)/t20-/m0/s1. The number of carbonyl (C=O) groups excluding carboxylic acids is 1. The van der Waals surface area contributed by atoms with Crippen molar-refractivity contribution in [2.75, 3.05) is 20.8 Å². The number of carbonyl (C=O) groups is 2. The Labute approximate surface area is 213 Å². The summed E-state index contributed by atoms with van der Waals surface area (Å²) in [5, 5.41) is 12.1. The number of thiophene rings is 1. The first kappa shape index (κ1) is 26.6. The second-order valence-corrected chi connectivity index (χ2v) is 9.11. The van der Waals surface area contributed by atoms with Crippen LogP contribution in [0.4, 0.5) is 0 Å². The van der Waals surface area contributed by atoms with Gasteiger partial charge in [0.2, 0.25) is 0 Å². The number of rotatable bonds is 12. The van der Waals surface area contributed by atoms with E-state index in [1.54, 1.807) is 20.3 Å². The van der Waals surface area contributed by atoms with Crippen LogP contribution < -0.4 is 26.3 Å². The van der Waals surface area contributed by atoms with Crippen molar-refractivity contribution in [3.8, 4) is 11.5 Å². The Morgan fingerprint density at radius 3 is 1.97 bits per heavy atom. The third-order valence-corrected chi connectivity index (χ3v) is 6.73. The molecule has 3 aromatic rings. The number of nitrogens with zero attached hydrogens (tertiary/aromatic N) is 1. The van der Waals surface area contributed by atoms with Crippen LogP contribution in [0, 0.1) is 0 Å². The Hall–Kier alpha value is -4.05. The topological polar surface area (TPSA) is 149 Å².